The van der Waals surface area contributed by atoms with Crippen molar-refractivity contribution in [3.63, 3.8) is 0 Å². The van der Waals surface area contributed by atoms with Crippen LogP contribution < -0.4 is 10.6 Å². The number of rotatable bonds is 4. The Kier molecular flexibility index (Phi) is 4.25. The average Bonchev–Trinajstić information content (AvgIpc) is 2.83. The van der Waals surface area contributed by atoms with Crippen LogP contribution in [0.15, 0.2) is 24.3 Å². The molecule has 0 aliphatic carbocycles. The monoisotopic (exact) mass is 248 g/mol. The van der Waals surface area contributed by atoms with Gasteiger partial charge in [-0.1, -0.05) is 19.1 Å². The lowest BCUT2D eigenvalue weighted by molar-refractivity contribution is 0.118. The van der Waals surface area contributed by atoms with Gasteiger partial charge in [-0.25, -0.2) is 0 Å². The summed E-state index contributed by atoms with van der Waals surface area (Å²) in [6.07, 6.45) is 2.39. The zero-order valence-corrected chi connectivity index (χ0v) is 11.6. The van der Waals surface area contributed by atoms with Gasteiger partial charge in [0.2, 0.25) is 0 Å². The van der Waals surface area contributed by atoms with Crippen molar-refractivity contribution in [2.24, 2.45) is 5.73 Å². The molecule has 2 unspecified atom stereocenters. The van der Waals surface area contributed by atoms with Gasteiger partial charge in [0.15, 0.2) is 0 Å². The minimum atomic E-state index is 0.151. The van der Waals surface area contributed by atoms with Gasteiger partial charge in [0.25, 0.3) is 0 Å². The van der Waals surface area contributed by atoms with Crippen molar-refractivity contribution in [3.05, 3.63) is 29.8 Å². The van der Waals surface area contributed by atoms with Crippen molar-refractivity contribution in [2.45, 2.75) is 44.9 Å². The summed E-state index contributed by atoms with van der Waals surface area (Å²) in [5.74, 6) is 0. The predicted molar refractivity (Wildman–Crippen MR) is 75.9 cm³/mol. The van der Waals surface area contributed by atoms with Gasteiger partial charge in [0.1, 0.15) is 0 Å². The van der Waals surface area contributed by atoms with Crippen molar-refractivity contribution >= 4 is 5.69 Å². The Bertz CT molecular complexity index is 377. The van der Waals surface area contributed by atoms with Crippen molar-refractivity contribution in [2.75, 3.05) is 18.6 Å². The van der Waals surface area contributed by atoms with Gasteiger partial charge in [-0.15, -0.1) is 0 Å². The summed E-state index contributed by atoms with van der Waals surface area (Å²) in [4.78, 5) is 2.32. The maximum absolute atomic E-state index is 6.03. The second kappa shape index (κ2) is 5.72. The van der Waals surface area contributed by atoms with Crippen LogP contribution in [0.2, 0.25) is 0 Å². The first kappa shape index (κ1) is 13.4. The summed E-state index contributed by atoms with van der Waals surface area (Å²) in [6.45, 7) is 5.13. The first-order valence-electron chi connectivity index (χ1n) is 6.83. The number of hydrogen-bond acceptors (Lipinski definition) is 3. The molecule has 1 fully saturated rings. The number of likely N-dealkylation sites (N-methyl/N-ethyl adjacent to an activating group) is 1. The van der Waals surface area contributed by atoms with Crippen molar-refractivity contribution in [1.29, 1.82) is 0 Å². The second-order valence-corrected chi connectivity index (χ2v) is 5.15. The predicted octanol–water partition coefficient (Wildman–Crippen LogP) is 2.71. The van der Waals surface area contributed by atoms with E-state index in [4.69, 9.17) is 10.5 Å². The molecule has 0 spiro atoms. The van der Waals surface area contributed by atoms with Crippen molar-refractivity contribution in [3.8, 4) is 0 Å². The summed E-state index contributed by atoms with van der Waals surface area (Å²) in [7, 11) is 2.14. The first-order chi connectivity index (χ1) is 8.63. The van der Waals surface area contributed by atoms with E-state index in [0.717, 1.165) is 19.4 Å². The van der Waals surface area contributed by atoms with Crippen LogP contribution in [0.5, 0.6) is 0 Å². The van der Waals surface area contributed by atoms with Gasteiger partial charge >= 0.3 is 0 Å². The van der Waals surface area contributed by atoms with Gasteiger partial charge in [-0.2, -0.15) is 0 Å². The van der Waals surface area contributed by atoms with Crippen LogP contribution in [-0.2, 0) is 4.74 Å². The highest BCUT2D eigenvalue weighted by atomic mass is 16.5. The maximum Gasteiger partial charge on any atom is 0.0750 e. The summed E-state index contributed by atoms with van der Waals surface area (Å²) in [5.41, 5.74) is 8.48. The van der Waals surface area contributed by atoms with E-state index in [-0.39, 0.29) is 6.04 Å². The fourth-order valence-corrected chi connectivity index (χ4v) is 2.61. The maximum atomic E-state index is 6.03. The van der Waals surface area contributed by atoms with E-state index in [9.17, 15) is 0 Å². The molecular weight excluding hydrogens is 224 g/mol. The molecule has 1 aromatic rings. The Balaban J connectivity index is 2.09. The molecule has 1 heterocycles. The van der Waals surface area contributed by atoms with Gasteiger partial charge < -0.3 is 15.4 Å². The van der Waals surface area contributed by atoms with Gasteiger partial charge in [-0.05, 0) is 37.5 Å². The lowest BCUT2D eigenvalue weighted by Gasteiger charge is -2.29. The topological polar surface area (TPSA) is 38.5 Å². The van der Waals surface area contributed by atoms with Crippen LogP contribution in [0, 0.1) is 0 Å². The Hall–Kier alpha value is -1.06. The highest BCUT2D eigenvalue weighted by Gasteiger charge is 2.27. The molecule has 1 aliphatic heterocycles. The second-order valence-electron chi connectivity index (χ2n) is 5.15. The van der Waals surface area contributed by atoms with E-state index in [1.165, 1.54) is 11.3 Å². The minimum Gasteiger partial charge on any atom is -0.376 e. The molecular formula is C15H24N2O. The van der Waals surface area contributed by atoms with E-state index >= 15 is 0 Å². The van der Waals surface area contributed by atoms with Crippen molar-refractivity contribution in [1.82, 2.24) is 0 Å². The van der Waals surface area contributed by atoms with E-state index in [1.807, 2.05) is 0 Å². The zero-order chi connectivity index (χ0) is 13.1. The van der Waals surface area contributed by atoms with Gasteiger partial charge in [-0.3, -0.25) is 0 Å². The molecule has 0 radical (unpaired) electrons. The number of nitrogens with two attached hydrogens (primary N) is 1. The average molecular weight is 248 g/mol. The highest BCUT2D eigenvalue weighted by Crippen LogP contribution is 2.25. The number of ether oxygens (including phenoxy) is 1. The Morgan fingerprint density at radius 1 is 1.39 bits per heavy atom. The van der Waals surface area contributed by atoms with Crippen LogP contribution in [0.3, 0.4) is 0 Å². The van der Waals surface area contributed by atoms with Crippen LogP contribution in [0.1, 0.15) is 38.3 Å². The highest BCUT2D eigenvalue weighted by molar-refractivity contribution is 5.48. The van der Waals surface area contributed by atoms with Crippen LogP contribution in [0.4, 0.5) is 5.69 Å². The molecule has 0 aromatic heterocycles. The van der Waals surface area contributed by atoms with E-state index in [1.54, 1.807) is 0 Å². The number of anilines is 1. The van der Waals surface area contributed by atoms with Crippen LogP contribution in [0.25, 0.3) is 0 Å². The molecule has 18 heavy (non-hydrogen) atoms. The Morgan fingerprint density at radius 3 is 2.56 bits per heavy atom. The lowest BCUT2D eigenvalue weighted by atomic mass is 10.0. The first-order valence-corrected chi connectivity index (χ1v) is 6.83. The van der Waals surface area contributed by atoms with Crippen molar-refractivity contribution < 1.29 is 4.74 Å². The number of benzene rings is 1. The molecule has 1 aromatic carbocycles. The molecule has 100 valence electrons. The molecule has 1 saturated heterocycles. The third-order valence-electron chi connectivity index (χ3n) is 4.00. The molecule has 0 amide bonds. The molecule has 1 aliphatic rings. The largest absolute Gasteiger partial charge is 0.376 e. The third kappa shape index (κ3) is 2.68. The molecule has 2 rings (SSSR count). The summed E-state index contributed by atoms with van der Waals surface area (Å²) in [5, 5.41) is 0. The lowest BCUT2D eigenvalue weighted by Crippen LogP contribution is -2.36. The normalized spacial score (nSPS) is 25.1. The fourth-order valence-electron chi connectivity index (χ4n) is 2.61. The molecule has 3 atom stereocenters. The van der Waals surface area contributed by atoms with Gasteiger partial charge in [0.05, 0.1) is 12.1 Å². The molecule has 3 nitrogen and oxygen atoms in total. The molecule has 0 bridgehead atoms. The Morgan fingerprint density at radius 2 is 2.06 bits per heavy atom. The van der Waals surface area contributed by atoms with E-state index in [0.29, 0.717) is 12.1 Å². The summed E-state index contributed by atoms with van der Waals surface area (Å²) in [6, 6.07) is 9.24. The van der Waals surface area contributed by atoms with Gasteiger partial charge in [0, 0.05) is 25.4 Å². The zero-order valence-electron chi connectivity index (χ0n) is 11.6. The fraction of sp³-hybridized carbons (Fsp3) is 0.600. The summed E-state index contributed by atoms with van der Waals surface area (Å²) >= 11 is 0. The molecule has 2 N–H and O–H groups in total. The molecule has 0 saturated carbocycles. The smallest absolute Gasteiger partial charge is 0.0750 e. The van der Waals surface area contributed by atoms with E-state index in [2.05, 4.69) is 50.1 Å². The Labute approximate surface area is 110 Å². The molecule has 3 heteroatoms. The van der Waals surface area contributed by atoms with Crippen LogP contribution in [-0.4, -0.2) is 25.8 Å². The van der Waals surface area contributed by atoms with Crippen LogP contribution >= 0.6 is 0 Å². The summed E-state index contributed by atoms with van der Waals surface area (Å²) < 4.78 is 5.63. The SMILES string of the molecule is CC[C@@H](N)c1ccc(N(C)C2CCOC2C)cc1. The quantitative estimate of drug-likeness (QED) is 0.890. The number of hydrogen-bond donors (Lipinski definition) is 1. The third-order valence-corrected chi connectivity index (χ3v) is 4.00. The standard InChI is InChI=1S/C15H24N2O/c1-4-14(16)12-5-7-13(8-6-12)17(3)15-9-10-18-11(15)2/h5-8,11,14-15H,4,9-10,16H2,1-3H3/t11?,14-,15?/m1/s1. The number of nitrogens with zero attached hydrogens (tertiary/aromatic N) is 1. The van der Waals surface area contributed by atoms with E-state index < -0.39 is 0 Å². The minimum absolute atomic E-state index is 0.151.